The lowest BCUT2D eigenvalue weighted by Gasteiger charge is -2.43. The largest absolute Gasteiger partial charge is 0.454 e. The Bertz CT molecular complexity index is 532. The average Bonchev–Trinajstić information content (AvgIpc) is 3.04. The number of fused-ring (bicyclic) bond motifs is 2. The minimum atomic E-state index is -0.150. The third-order valence-corrected chi connectivity index (χ3v) is 5.45. The summed E-state index contributed by atoms with van der Waals surface area (Å²) in [5.41, 5.74) is 1.53. The van der Waals surface area contributed by atoms with Gasteiger partial charge >= 0.3 is 0 Å². The standard InChI is InChI=1S/C16H21NO3/c1-17-7-6-16(5-4-12(18)9-15(16)17)11-2-3-13-14(8-11)20-10-19-13/h2-3,8,12,15,18H,4-7,9-10H2,1H3. The smallest absolute Gasteiger partial charge is 0.231 e. The quantitative estimate of drug-likeness (QED) is 0.850. The second-order valence-electron chi connectivity index (χ2n) is 6.40. The summed E-state index contributed by atoms with van der Waals surface area (Å²) in [6.45, 7) is 1.43. The number of aliphatic hydroxyl groups excluding tert-OH is 1. The van der Waals surface area contributed by atoms with Gasteiger partial charge in [0, 0.05) is 11.5 Å². The summed E-state index contributed by atoms with van der Waals surface area (Å²) in [6.07, 6.45) is 3.86. The number of hydrogen-bond acceptors (Lipinski definition) is 4. The molecule has 3 atom stereocenters. The molecule has 0 bridgehead atoms. The van der Waals surface area contributed by atoms with Crippen molar-refractivity contribution in [2.75, 3.05) is 20.4 Å². The van der Waals surface area contributed by atoms with Gasteiger partial charge in [0.05, 0.1) is 6.10 Å². The second kappa shape index (κ2) is 4.37. The van der Waals surface area contributed by atoms with E-state index in [-0.39, 0.29) is 11.5 Å². The van der Waals surface area contributed by atoms with Crippen molar-refractivity contribution in [1.82, 2.24) is 4.90 Å². The molecule has 3 unspecified atom stereocenters. The maximum atomic E-state index is 10.0. The van der Waals surface area contributed by atoms with Gasteiger partial charge in [-0.05, 0) is 57.0 Å². The van der Waals surface area contributed by atoms with E-state index < -0.39 is 0 Å². The monoisotopic (exact) mass is 275 g/mol. The van der Waals surface area contributed by atoms with Gasteiger partial charge in [-0.1, -0.05) is 6.07 Å². The van der Waals surface area contributed by atoms with Gasteiger partial charge < -0.3 is 19.5 Å². The normalized spacial score (nSPS) is 36.1. The lowest BCUT2D eigenvalue weighted by molar-refractivity contribution is 0.0567. The maximum absolute atomic E-state index is 10.0. The SMILES string of the molecule is CN1CCC2(c3ccc4c(c3)OCO4)CCC(O)CC12. The van der Waals surface area contributed by atoms with E-state index in [2.05, 4.69) is 24.1 Å². The first-order valence-corrected chi connectivity index (χ1v) is 7.47. The van der Waals surface area contributed by atoms with Gasteiger partial charge in [-0.25, -0.2) is 0 Å². The highest BCUT2D eigenvalue weighted by Gasteiger charge is 2.50. The number of benzene rings is 1. The molecule has 2 fully saturated rings. The fourth-order valence-corrected chi connectivity index (χ4v) is 4.30. The van der Waals surface area contributed by atoms with Crippen LogP contribution >= 0.6 is 0 Å². The molecule has 4 rings (SSSR count). The first-order valence-electron chi connectivity index (χ1n) is 7.47. The molecule has 2 aliphatic heterocycles. The van der Waals surface area contributed by atoms with Crippen molar-refractivity contribution in [1.29, 1.82) is 0 Å². The highest BCUT2D eigenvalue weighted by atomic mass is 16.7. The Labute approximate surface area is 119 Å². The molecule has 2 heterocycles. The Morgan fingerprint density at radius 1 is 1.25 bits per heavy atom. The summed E-state index contributed by atoms with van der Waals surface area (Å²) in [7, 11) is 2.18. The zero-order chi connectivity index (χ0) is 13.7. The molecule has 1 N–H and O–H groups in total. The predicted octanol–water partition coefficient (Wildman–Crippen LogP) is 1.90. The topological polar surface area (TPSA) is 41.9 Å². The van der Waals surface area contributed by atoms with Crippen LogP contribution in [-0.4, -0.2) is 42.5 Å². The number of ether oxygens (including phenoxy) is 2. The third kappa shape index (κ3) is 1.68. The van der Waals surface area contributed by atoms with Crippen LogP contribution in [-0.2, 0) is 5.41 Å². The summed E-state index contributed by atoms with van der Waals surface area (Å²) in [6, 6.07) is 6.82. The zero-order valence-electron chi connectivity index (χ0n) is 11.8. The lowest BCUT2D eigenvalue weighted by Crippen LogP contribution is -2.47. The molecule has 108 valence electrons. The van der Waals surface area contributed by atoms with Crippen molar-refractivity contribution in [2.24, 2.45) is 0 Å². The molecule has 1 aromatic carbocycles. The van der Waals surface area contributed by atoms with Gasteiger partial charge in [0.25, 0.3) is 0 Å². The van der Waals surface area contributed by atoms with E-state index in [9.17, 15) is 5.11 Å². The van der Waals surface area contributed by atoms with E-state index in [4.69, 9.17) is 9.47 Å². The van der Waals surface area contributed by atoms with Crippen LogP contribution in [0.25, 0.3) is 0 Å². The summed E-state index contributed by atoms with van der Waals surface area (Å²) < 4.78 is 11.0. The predicted molar refractivity (Wildman–Crippen MR) is 75.1 cm³/mol. The van der Waals surface area contributed by atoms with Gasteiger partial charge in [-0.15, -0.1) is 0 Å². The Morgan fingerprint density at radius 3 is 3.00 bits per heavy atom. The van der Waals surface area contributed by atoms with Crippen LogP contribution in [0.15, 0.2) is 18.2 Å². The van der Waals surface area contributed by atoms with Crippen molar-refractivity contribution in [2.45, 2.75) is 43.2 Å². The molecule has 1 aromatic rings. The van der Waals surface area contributed by atoms with Gasteiger partial charge in [-0.3, -0.25) is 0 Å². The first-order chi connectivity index (χ1) is 9.69. The Morgan fingerprint density at radius 2 is 2.10 bits per heavy atom. The van der Waals surface area contributed by atoms with Crippen LogP contribution in [0, 0.1) is 0 Å². The summed E-state index contributed by atoms with van der Waals surface area (Å²) in [4.78, 5) is 2.41. The fourth-order valence-electron chi connectivity index (χ4n) is 4.30. The Balaban J connectivity index is 1.75. The molecule has 20 heavy (non-hydrogen) atoms. The van der Waals surface area contributed by atoms with E-state index in [0.717, 1.165) is 37.3 Å². The van der Waals surface area contributed by atoms with E-state index in [1.54, 1.807) is 0 Å². The van der Waals surface area contributed by atoms with Gasteiger partial charge in [-0.2, -0.15) is 0 Å². The molecule has 0 amide bonds. The lowest BCUT2D eigenvalue weighted by atomic mass is 9.65. The number of aliphatic hydroxyl groups is 1. The molecule has 0 spiro atoms. The van der Waals surface area contributed by atoms with Crippen molar-refractivity contribution in [3.63, 3.8) is 0 Å². The molecule has 0 aromatic heterocycles. The minimum Gasteiger partial charge on any atom is -0.454 e. The molecule has 4 nitrogen and oxygen atoms in total. The number of hydrogen-bond donors (Lipinski definition) is 1. The molecule has 1 saturated heterocycles. The van der Waals surface area contributed by atoms with E-state index in [1.807, 2.05) is 6.07 Å². The van der Waals surface area contributed by atoms with Crippen LogP contribution in [0.1, 0.15) is 31.2 Å². The van der Waals surface area contributed by atoms with Crippen molar-refractivity contribution in [3.05, 3.63) is 23.8 Å². The van der Waals surface area contributed by atoms with Crippen LogP contribution in [0.4, 0.5) is 0 Å². The summed E-state index contributed by atoms with van der Waals surface area (Å²) in [5.74, 6) is 1.72. The van der Waals surface area contributed by atoms with E-state index >= 15 is 0 Å². The molecule has 3 aliphatic rings. The van der Waals surface area contributed by atoms with Crippen LogP contribution < -0.4 is 9.47 Å². The van der Waals surface area contributed by atoms with Crippen LogP contribution in [0.2, 0.25) is 0 Å². The Hall–Kier alpha value is -1.26. The highest BCUT2D eigenvalue weighted by molar-refractivity contribution is 5.47. The van der Waals surface area contributed by atoms with Gasteiger partial charge in [0.2, 0.25) is 6.79 Å². The van der Waals surface area contributed by atoms with E-state index in [0.29, 0.717) is 12.8 Å². The fraction of sp³-hybridized carbons (Fsp3) is 0.625. The summed E-state index contributed by atoms with van der Waals surface area (Å²) >= 11 is 0. The molecule has 0 radical (unpaired) electrons. The maximum Gasteiger partial charge on any atom is 0.231 e. The average molecular weight is 275 g/mol. The highest BCUT2D eigenvalue weighted by Crippen LogP contribution is 2.50. The Kier molecular flexibility index (Phi) is 2.72. The molecular formula is C16H21NO3. The molecule has 4 heteroatoms. The van der Waals surface area contributed by atoms with Crippen molar-refractivity contribution in [3.8, 4) is 11.5 Å². The molecule has 1 saturated carbocycles. The van der Waals surface area contributed by atoms with Crippen molar-refractivity contribution < 1.29 is 14.6 Å². The number of likely N-dealkylation sites (N-methyl/N-ethyl adjacent to an activating group) is 1. The summed E-state index contributed by atoms with van der Waals surface area (Å²) in [5, 5.41) is 10.0. The molecular weight excluding hydrogens is 254 g/mol. The number of likely N-dealkylation sites (tertiary alicyclic amines) is 1. The van der Waals surface area contributed by atoms with Crippen molar-refractivity contribution >= 4 is 0 Å². The third-order valence-electron chi connectivity index (χ3n) is 5.45. The second-order valence-corrected chi connectivity index (χ2v) is 6.40. The minimum absolute atomic E-state index is 0.150. The van der Waals surface area contributed by atoms with E-state index in [1.165, 1.54) is 12.0 Å². The molecule has 1 aliphatic carbocycles. The number of rotatable bonds is 1. The van der Waals surface area contributed by atoms with Crippen LogP contribution in [0.3, 0.4) is 0 Å². The number of nitrogens with zero attached hydrogens (tertiary/aromatic N) is 1. The van der Waals surface area contributed by atoms with Gasteiger partial charge in [0.1, 0.15) is 0 Å². The van der Waals surface area contributed by atoms with Gasteiger partial charge in [0.15, 0.2) is 11.5 Å². The van der Waals surface area contributed by atoms with Crippen LogP contribution in [0.5, 0.6) is 11.5 Å². The zero-order valence-corrected chi connectivity index (χ0v) is 11.8. The first kappa shape index (κ1) is 12.5.